The van der Waals surface area contributed by atoms with Crippen molar-refractivity contribution in [2.45, 2.75) is 18.9 Å². The van der Waals surface area contributed by atoms with E-state index in [1.807, 2.05) is 54.6 Å². The molecule has 0 aromatic heterocycles. The van der Waals surface area contributed by atoms with Gasteiger partial charge >= 0.3 is 5.97 Å². The van der Waals surface area contributed by atoms with Crippen LogP contribution in [0.5, 0.6) is 0 Å². The van der Waals surface area contributed by atoms with Crippen LogP contribution in [0.15, 0.2) is 54.6 Å². The minimum absolute atomic E-state index is 0.233. The molecule has 0 heterocycles. The number of rotatable bonds is 5. The molecule has 0 spiro atoms. The third-order valence-corrected chi connectivity index (χ3v) is 2.97. The molecule has 3 heteroatoms. The predicted molar refractivity (Wildman–Crippen MR) is 73.8 cm³/mol. The highest BCUT2D eigenvalue weighted by molar-refractivity contribution is 5.69. The van der Waals surface area contributed by atoms with Crippen LogP contribution in [0.25, 0.3) is 11.1 Å². The van der Waals surface area contributed by atoms with Gasteiger partial charge in [0, 0.05) is 0 Å². The third-order valence-electron chi connectivity index (χ3n) is 2.97. The molecule has 19 heavy (non-hydrogen) atoms. The maximum atomic E-state index is 10.6. The van der Waals surface area contributed by atoms with Crippen molar-refractivity contribution in [1.29, 1.82) is 0 Å². The van der Waals surface area contributed by atoms with Crippen molar-refractivity contribution in [3.8, 4) is 11.1 Å². The topological polar surface area (TPSA) is 57.5 Å². The Balaban J connectivity index is 2.24. The molecule has 0 radical (unpaired) electrons. The van der Waals surface area contributed by atoms with Crippen molar-refractivity contribution < 1.29 is 15.0 Å². The van der Waals surface area contributed by atoms with Gasteiger partial charge in [0.15, 0.2) is 0 Å². The van der Waals surface area contributed by atoms with Crippen molar-refractivity contribution in [2.75, 3.05) is 0 Å². The highest BCUT2D eigenvalue weighted by Gasteiger charge is 2.13. The first-order valence-electron chi connectivity index (χ1n) is 6.20. The van der Waals surface area contributed by atoms with E-state index in [4.69, 9.17) is 5.11 Å². The fourth-order valence-corrected chi connectivity index (χ4v) is 2.13. The van der Waals surface area contributed by atoms with Gasteiger partial charge in [-0.15, -0.1) is 0 Å². The summed E-state index contributed by atoms with van der Waals surface area (Å²) >= 11 is 0. The smallest absolute Gasteiger partial charge is 0.305 e. The van der Waals surface area contributed by atoms with Gasteiger partial charge in [0.05, 0.1) is 12.5 Å². The molecule has 2 aromatic carbocycles. The maximum Gasteiger partial charge on any atom is 0.305 e. The van der Waals surface area contributed by atoms with Gasteiger partial charge in [-0.05, 0) is 23.1 Å². The summed E-state index contributed by atoms with van der Waals surface area (Å²) in [7, 11) is 0. The standard InChI is InChI=1S/C16H16O3/c17-14(11-16(18)19)10-13-8-4-5-9-15(13)12-6-2-1-3-7-12/h1-9,14,17H,10-11H2,(H,18,19). The molecule has 0 fully saturated rings. The number of hydrogen-bond acceptors (Lipinski definition) is 2. The summed E-state index contributed by atoms with van der Waals surface area (Å²) in [5, 5.41) is 18.5. The third kappa shape index (κ3) is 3.66. The minimum Gasteiger partial charge on any atom is -0.481 e. The van der Waals surface area contributed by atoms with Crippen LogP contribution in [0.1, 0.15) is 12.0 Å². The molecule has 0 aliphatic heterocycles. The van der Waals surface area contributed by atoms with Gasteiger partial charge in [0.25, 0.3) is 0 Å². The second kappa shape index (κ2) is 6.16. The van der Waals surface area contributed by atoms with E-state index in [0.717, 1.165) is 16.7 Å². The zero-order valence-electron chi connectivity index (χ0n) is 10.5. The van der Waals surface area contributed by atoms with Gasteiger partial charge in [-0.2, -0.15) is 0 Å². The van der Waals surface area contributed by atoms with E-state index in [0.29, 0.717) is 6.42 Å². The Morgan fingerprint density at radius 1 is 1.00 bits per heavy atom. The van der Waals surface area contributed by atoms with Gasteiger partial charge in [-0.25, -0.2) is 0 Å². The molecular weight excluding hydrogens is 240 g/mol. The number of carbonyl (C=O) groups is 1. The number of carboxylic acid groups (broad SMARTS) is 1. The first-order chi connectivity index (χ1) is 9.16. The lowest BCUT2D eigenvalue weighted by atomic mass is 9.95. The number of hydrogen-bond donors (Lipinski definition) is 2. The molecule has 1 unspecified atom stereocenters. The first kappa shape index (κ1) is 13.3. The molecule has 1 atom stereocenters. The van der Waals surface area contributed by atoms with Gasteiger partial charge in [-0.1, -0.05) is 54.6 Å². The maximum absolute atomic E-state index is 10.6. The van der Waals surface area contributed by atoms with E-state index in [-0.39, 0.29) is 6.42 Å². The highest BCUT2D eigenvalue weighted by atomic mass is 16.4. The SMILES string of the molecule is O=C(O)CC(O)Cc1ccccc1-c1ccccc1. The molecule has 0 aliphatic rings. The lowest BCUT2D eigenvalue weighted by molar-refractivity contribution is -0.139. The van der Waals surface area contributed by atoms with Crippen molar-refractivity contribution in [1.82, 2.24) is 0 Å². The summed E-state index contributed by atoms with van der Waals surface area (Å²) in [5.41, 5.74) is 3.07. The highest BCUT2D eigenvalue weighted by Crippen LogP contribution is 2.24. The zero-order valence-corrected chi connectivity index (χ0v) is 10.5. The van der Waals surface area contributed by atoms with Crippen LogP contribution in [-0.2, 0) is 11.2 Å². The van der Waals surface area contributed by atoms with Crippen LogP contribution in [0.2, 0.25) is 0 Å². The van der Waals surface area contributed by atoms with Gasteiger partial charge in [0.1, 0.15) is 0 Å². The van der Waals surface area contributed by atoms with Crippen molar-refractivity contribution in [2.24, 2.45) is 0 Å². The first-order valence-corrected chi connectivity index (χ1v) is 6.20. The molecule has 3 nitrogen and oxygen atoms in total. The average Bonchev–Trinajstić information content (AvgIpc) is 2.39. The van der Waals surface area contributed by atoms with Crippen LogP contribution in [-0.4, -0.2) is 22.3 Å². The van der Waals surface area contributed by atoms with Crippen molar-refractivity contribution in [3.63, 3.8) is 0 Å². The summed E-state index contributed by atoms with van der Waals surface area (Å²) in [6, 6.07) is 17.6. The predicted octanol–water partition coefficient (Wildman–Crippen LogP) is 2.73. The summed E-state index contributed by atoms with van der Waals surface area (Å²) in [6.45, 7) is 0. The quantitative estimate of drug-likeness (QED) is 0.864. The van der Waals surface area contributed by atoms with Crippen LogP contribution >= 0.6 is 0 Å². The second-order valence-corrected chi connectivity index (χ2v) is 4.48. The van der Waals surface area contributed by atoms with Crippen LogP contribution in [0, 0.1) is 0 Å². The summed E-state index contributed by atoms with van der Waals surface area (Å²) in [5.74, 6) is -0.982. The average molecular weight is 256 g/mol. The van der Waals surface area contributed by atoms with E-state index in [9.17, 15) is 9.90 Å². The summed E-state index contributed by atoms with van der Waals surface area (Å²) in [4.78, 5) is 10.6. The lowest BCUT2D eigenvalue weighted by Crippen LogP contribution is -2.16. The molecule has 2 N–H and O–H groups in total. The Morgan fingerprint density at radius 3 is 2.32 bits per heavy atom. The van der Waals surface area contributed by atoms with Crippen LogP contribution < -0.4 is 0 Å². The molecule has 98 valence electrons. The van der Waals surface area contributed by atoms with Crippen LogP contribution in [0.4, 0.5) is 0 Å². The second-order valence-electron chi connectivity index (χ2n) is 4.48. The Labute approximate surface area is 112 Å². The molecular formula is C16H16O3. The summed E-state index contributed by atoms with van der Waals surface area (Å²) in [6.07, 6.45) is -0.747. The number of carboxylic acids is 1. The fourth-order valence-electron chi connectivity index (χ4n) is 2.13. The van der Waals surface area contributed by atoms with E-state index in [1.54, 1.807) is 0 Å². The van der Waals surface area contributed by atoms with E-state index < -0.39 is 12.1 Å². The van der Waals surface area contributed by atoms with E-state index in [2.05, 4.69) is 0 Å². The van der Waals surface area contributed by atoms with E-state index >= 15 is 0 Å². The Hall–Kier alpha value is -2.13. The molecule has 0 aliphatic carbocycles. The monoisotopic (exact) mass is 256 g/mol. The number of aliphatic hydroxyl groups excluding tert-OH is 1. The fraction of sp³-hybridized carbons (Fsp3) is 0.188. The molecule has 0 bridgehead atoms. The molecule has 2 aromatic rings. The molecule has 0 saturated carbocycles. The van der Waals surface area contributed by atoms with Gasteiger partial charge < -0.3 is 10.2 Å². The molecule has 0 saturated heterocycles. The zero-order chi connectivity index (χ0) is 13.7. The van der Waals surface area contributed by atoms with Crippen molar-refractivity contribution in [3.05, 3.63) is 60.2 Å². The van der Waals surface area contributed by atoms with E-state index in [1.165, 1.54) is 0 Å². The number of aliphatic carboxylic acids is 1. The minimum atomic E-state index is -0.982. The lowest BCUT2D eigenvalue weighted by Gasteiger charge is -2.12. The number of aliphatic hydroxyl groups is 1. The molecule has 2 rings (SSSR count). The largest absolute Gasteiger partial charge is 0.481 e. The Kier molecular flexibility index (Phi) is 4.31. The van der Waals surface area contributed by atoms with Crippen LogP contribution in [0.3, 0.4) is 0 Å². The molecule has 0 amide bonds. The van der Waals surface area contributed by atoms with Gasteiger partial charge in [-0.3, -0.25) is 4.79 Å². The number of benzene rings is 2. The van der Waals surface area contributed by atoms with Crippen molar-refractivity contribution >= 4 is 5.97 Å². The summed E-state index contributed by atoms with van der Waals surface area (Å²) < 4.78 is 0. The Bertz CT molecular complexity index is 549. The Morgan fingerprint density at radius 2 is 1.63 bits per heavy atom. The normalized spacial score (nSPS) is 12.1. The van der Waals surface area contributed by atoms with Gasteiger partial charge in [0.2, 0.25) is 0 Å².